The third kappa shape index (κ3) is 4.25. The maximum atomic E-state index is 12.2. The van der Waals surface area contributed by atoms with Gasteiger partial charge in [-0.3, -0.25) is 14.9 Å². The normalized spacial score (nSPS) is 10.5. The quantitative estimate of drug-likeness (QED) is 0.369. The molecule has 0 aliphatic heterocycles. The van der Waals surface area contributed by atoms with Crippen molar-refractivity contribution >= 4 is 11.6 Å². The van der Waals surface area contributed by atoms with Crippen LogP contribution in [0.2, 0.25) is 0 Å². The first kappa shape index (κ1) is 19.1. The number of amides is 1. The van der Waals surface area contributed by atoms with Crippen molar-refractivity contribution in [2.24, 2.45) is 0 Å². The molecule has 1 amide bonds. The Hall–Kier alpha value is -4.26. The van der Waals surface area contributed by atoms with Crippen LogP contribution in [0.3, 0.4) is 0 Å². The van der Waals surface area contributed by atoms with Crippen LogP contribution < -0.4 is 5.32 Å². The molecule has 0 aliphatic rings. The topological polar surface area (TPSA) is 98.3 Å². The van der Waals surface area contributed by atoms with Gasteiger partial charge in [0.1, 0.15) is 5.69 Å². The molecule has 0 radical (unpaired) electrons. The molecular formula is C23H17N3O4. The van der Waals surface area contributed by atoms with E-state index in [4.69, 9.17) is 4.52 Å². The van der Waals surface area contributed by atoms with Crippen LogP contribution in [0, 0.1) is 10.1 Å². The second-order valence-corrected chi connectivity index (χ2v) is 6.61. The van der Waals surface area contributed by atoms with Gasteiger partial charge in [-0.1, -0.05) is 59.8 Å². The van der Waals surface area contributed by atoms with E-state index in [-0.39, 0.29) is 18.1 Å². The first-order valence-electron chi connectivity index (χ1n) is 9.24. The van der Waals surface area contributed by atoms with E-state index in [1.54, 1.807) is 6.07 Å². The smallest absolute Gasteiger partial charge is 0.269 e. The maximum absolute atomic E-state index is 12.2. The van der Waals surface area contributed by atoms with Gasteiger partial charge < -0.3 is 9.84 Å². The van der Waals surface area contributed by atoms with Gasteiger partial charge in [0.25, 0.3) is 11.6 Å². The summed E-state index contributed by atoms with van der Waals surface area (Å²) in [5.41, 5.74) is 3.97. The lowest BCUT2D eigenvalue weighted by atomic mass is 10.0. The lowest BCUT2D eigenvalue weighted by Crippen LogP contribution is -2.22. The molecule has 7 heteroatoms. The molecule has 0 spiro atoms. The summed E-state index contributed by atoms with van der Waals surface area (Å²) in [5, 5.41) is 17.4. The largest absolute Gasteiger partial charge is 0.356 e. The van der Waals surface area contributed by atoms with E-state index in [0.717, 1.165) is 16.7 Å². The van der Waals surface area contributed by atoms with Crippen LogP contribution in [0.4, 0.5) is 5.69 Å². The Morgan fingerprint density at radius 3 is 2.20 bits per heavy atom. The highest BCUT2D eigenvalue weighted by Gasteiger charge is 2.11. The zero-order valence-corrected chi connectivity index (χ0v) is 15.8. The minimum Gasteiger partial charge on any atom is -0.356 e. The molecule has 148 valence electrons. The number of nitrogens with zero attached hydrogens (tertiary/aromatic N) is 2. The van der Waals surface area contributed by atoms with Crippen molar-refractivity contribution in [3.8, 4) is 22.5 Å². The van der Waals surface area contributed by atoms with Gasteiger partial charge in [0.05, 0.1) is 11.5 Å². The molecule has 1 N–H and O–H groups in total. The molecule has 3 aromatic carbocycles. The van der Waals surface area contributed by atoms with Crippen LogP contribution in [-0.2, 0) is 6.54 Å². The molecule has 30 heavy (non-hydrogen) atoms. The van der Waals surface area contributed by atoms with Gasteiger partial charge in [-0.05, 0) is 23.3 Å². The Kier molecular flexibility index (Phi) is 5.34. The predicted octanol–water partition coefficient (Wildman–Crippen LogP) is 4.85. The Labute approximate surface area is 172 Å². The van der Waals surface area contributed by atoms with E-state index in [1.807, 2.05) is 42.5 Å². The van der Waals surface area contributed by atoms with Crippen molar-refractivity contribution in [1.82, 2.24) is 10.5 Å². The van der Waals surface area contributed by atoms with Crippen molar-refractivity contribution in [2.45, 2.75) is 6.54 Å². The van der Waals surface area contributed by atoms with E-state index in [9.17, 15) is 14.9 Å². The van der Waals surface area contributed by atoms with Crippen molar-refractivity contribution in [3.05, 3.63) is 106 Å². The fourth-order valence-electron chi connectivity index (χ4n) is 3.00. The minimum absolute atomic E-state index is 0.0639. The number of nitro groups is 1. The lowest BCUT2D eigenvalue weighted by molar-refractivity contribution is -0.384. The number of rotatable bonds is 6. The van der Waals surface area contributed by atoms with Gasteiger partial charge >= 0.3 is 0 Å². The molecule has 1 heterocycles. The van der Waals surface area contributed by atoms with Gasteiger partial charge in [0.2, 0.25) is 0 Å². The standard InChI is InChI=1S/C23H17N3O4/c27-23(19-10-12-21(13-11-19)26(28)29)24-15-20-14-22(30-25-20)18-8-6-17(7-9-18)16-4-2-1-3-5-16/h1-14H,15H2,(H,24,27). The molecule has 0 atom stereocenters. The summed E-state index contributed by atoms with van der Waals surface area (Å²) in [6.07, 6.45) is 0. The van der Waals surface area contributed by atoms with Crippen LogP contribution in [0.25, 0.3) is 22.5 Å². The summed E-state index contributed by atoms with van der Waals surface area (Å²) in [5.74, 6) is 0.260. The minimum atomic E-state index is -0.509. The van der Waals surface area contributed by atoms with Gasteiger partial charge in [-0.15, -0.1) is 0 Å². The Morgan fingerprint density at radius 1 is 0.900 bits per heavy atom. The third-order valence-corrected chi connectivity index (χ3v) is 4.61. The van der Waals surface area contributed by atoms with Crippen molar-refractivity contribution in [1.29, 1.82) is 0 Å². The lowest BCUT2D eigenvalue weighted by Gasteiger charge is -2.02. The van der Waals surface area contributed by atoms with Crippen LogP contribution in [0.1, 0.15) is 16.1 Å². The van der Waals surface area contributed by atoms with Gasteiger partial charge in [-0.25, -0.2) is 0 Å². The number of benzene rings is 3. The SMILES string of the molecule is O=C(NCc1cc(-c2ccc(-c3ccccc3)cc2)on1)c1ccc([N+](=O)[O-])cc1. The first-order chi connectivity index (χ1) is 14.6. The van der Waals surface area contributed by atoms with E-state index < -0.39 is 4.92 Å². The molecule has 0 unspecified atom stereocenters. The van der Waals surface area contributed by atoms with Gasteiger partial charge in [-0.2, -0.15) is 0 Å². The van der Waals surface area contributed by atoms with Gasteiger partial charge in [0, 0.05) is 29.3 Å². The second kappa shape index (κ2) is 8.40. The van der Waals surface area contributed by atoms with Crippen molar-refractivity contribution < 1.29 is 14.2 Å². The van der Waals surface area contributed by atoms with Crippen LogP contribution >= 0.6 is 0 Å². The number of aromatic nitrogens is 1. The molecule has 7 nitrogen and oxygen atoms in total. The Balaban J connectivity index is 1.39. The molecule has 0 saturated heterocycles. The third-order valence-electron chi connectivity index (χ3n) is 4.61. The molecule has 4 aromatic rings. The zero-order chi connectivity index (χ0) is 20.9. The highest BCUT2D eigenvalue weighted by atomic mass is 16.6. The highest BCUT2D eigenvalue weighted by Crippen LogP contribution is 2.25. The summed E-state index contributed by atoms with van der Waals surface area (Å²) in [6, 6.07) is 25.2. The average molecular weight is 399 g/mol. The number of carbonyl (C=O) groups excluding carboxylic acids is 1. The fourth-order valence-corrected chi connectivity index (χ4v) is 3.00. The fraction of sp³-hybridized carbons (Fsp3) is 0.0435. The molecule has 0 aliphatic carbocycles. The van der Waals surface area contributed by atoms with E-state index in [0.29, 0.717) is 17.0 Å². The van der Waals surface area contributed by atoms with E-state index in [1.165, 1.54) is 24.3 Å². The summed E-state index contributed by atoms with van der Waals surface area (Å²) in [7, 11) is 0. The van der Waals surface area contributed by atoms with Crippen LogP contribution in [0.15, 0.2) is 89.5 Å². The number of hydrogen-bond acceptors (Lipinski definition) is 5. The number of non-ortho nitro benzene ring substituents is 1. The van der Waals surface area contributed by atoms with Gasteiger partial charge in [0.15, 0.2) is 5.76 Å². The summed E-state index contributed by atoms with van der Waals surface area (Å²) in [4.78, 5) is 22.4. The summed E-state index contributed by atoms with van der Waals surface area (Å²) < 4.78 is 5.40. The van der Waals surface area contributed by atoms with Crippen molar-refractivity contribution in [2.75, 3.05) is 0 Å². The molecular weight excluding hydrogens is 382 g/mol. The summed E-state index contributed by atoms with van der Waals surface area (Å²) in [6.45, 7) is 0.182. The molecule has 4 rings (SSSR count). The van der Waals surface area contributed by atoms with Crippen LogP contribution in [0.5, 0.6) is 0 Å². The van der Waals surface area contributed by atoms with E-state index >= 15 is 0 Å². The molecule has 0 fully saturated rings. The average Bonchev–Trinajstić information content (AvgIpc) is 3.27. The first-order valence-corrected chi connectivity index (χ1v) is 9.24. The van der Waals surface area contributed by atoms with Crippen LogP contribution in [-0.4, -0.2) is 16.0 Å². The number of nitro benzene ring substituents is 1. The Bertz CT molecular complexity index is 1170. The maximum Gasteiger partial charge on any atom is 0.269 e. The zero-order valence-electron chi connectivity index (χ0n) is 15.8. The number of nitrogens with one attached hydrogen (secondary N) is 1. The monoisotopic (exact) mass is 399 g/mol. The molecule has 0 saturated carbocycles. The predicted molar refractivity (Wildman–Crippen MR) is 112 cm³/mol. The highest BCUT2D eigenvalue weighted by molar-refractivity contribution is 5.94. The summed E-state index contributed by atoms with van der Waals surface area (Å²) >= 11 is 0. The number of carbonyl (C=O) groups is 1. The molecule has 0 bridgehead atoms. The van der Waals surface area contributed by atoms with Crippen molar-refractivity contribution in [3.63, 3.8) is 0 Å². The molecule has 1 aromatic heterocycles. The number of hydrogen-bond donors (Lipinski definition) is 1. The second-order valence-electron chi connectivity index (χ2n) is 6.61. The van der Waals surface area contributed by atoms with E-state index in [2.05, 4.69) is 22.6 Å². The Morgan fingerprint density at radius 2 is 1.53 bits per heavy atom.